The van der Waals surface area contributed by atoms with E-state index in [0.717, 1.165) is 75.0 Å². The van der Waals surface area contributed by atoms with Crippen LogP contribution in [0, 0.1) is 47.3 Å². The second kappa shape index (κ2) is 28.2. The number of para-hydroxylation sites is 3. The number of fused-ring (bicyclic) bond motifs is 21. The van der Waals surface area contributed by atoms with Gasteiger partial charge in [0.15, 0.2) is 0 Å². The Kier molecular flexibility index (Phi) is 15.9. The summed E-state index contributed by atoms with van der Waals surface area (Å²) in [4.78, 5) is 0. The maximum atomic E-state index is 6.38. The summed E-state index contributed by atoms with van der Waals surface area (Å²) >= 11 is 0. The van der Waals surface area contributed by atoms with Crippen molar-refractivity contribution in [3.05, 3.63) is 423 Å². The molecule has 18 aromatic carbocycles. The third-order valence-electron chi connectivity index (χ3n) is 34.2. The van der Waals surface area contributed by atoms with Crippen molar-refractivity contribution < 1.29 is 4.42 Å². The summed E-state index contributed by atoms with van der Waals surface area (Å²) < 4.78 is 16.4. The van der Waals surface area contributed by atoms with Gasteiger partial charge in [-0.2, -0.15) is 0 Å². The second-order valence-corrected chi connectivity index (χ2v) is 40.6. The van der Waals surface area contributed by atoms with E-state index in [1.165, 1.54) is 246 Å². The van der Waals surface area contributed by atoms with Gasteiger partial charge in [-0.3, -0.25) is 0 Å². The standard InChI is InChI=1S/C64H46N2O.C64H48N2/c1-2-10-40(11-3-1)41-18-25-60-54(33-41)55-35-43(42-19-26-59-53(34-42)50-13-5-8-16-58(50)66(59)47-22-24-52-51-14-6-9-17-62(51)67-63(52)37-47)20-27-61(55)65(60)46-21-23-49-48-12-4-7-15-56(48)64(57(49)36-46)44-29-38-28-39(31-44)32-45(64)30-38;1-3-11-42(12-4-1)44-19-24-50(25-20-44)65-60-18-10-8-16-54(60)55-37-46(22-29-61(55)65)47-23-30-63-57(38-47)56-36-45(43-13-5-2-6-14-43)21-28-62(56)66(63)51-26-27-53-52-15-7-9-17-58(52)64(59(53)39-51)48-32-40-31-41(34-48)35-49(64)33-40/h1-27,33-39,44-45H,28-32H2;1-30,36-41,48-49H,31-35H2. The van der Waals surface area contributed by atoms with Gasteiger partial charge in [-0.25, -0.2) is 0 Å². The quantitative estimate of drug-likeness (QED) is 0.142. The van der Waals surface area contributed by atoms with Crippen molar-refractivity contribution in [2.75, 3.05) is 0 Å². The molecule has 8 saturated carbocycles. The van der Waals surface area contributed by atoms with Gasteiger partial charge in [0.1, 0.15) is 11.2 Å². The highest BCUT2D eigenvalue weighted by Crippen LogP contribution is 2.72. The molecule has 5 nitrogen and oxygen atoms in total. The van der Waals surface area contributed by atoms with Crippen LogP contribution in [0.1, 0.15) is 86.5 Å². The molecular weight excluding hydrogens is 1610 g/mol. The van der Waals surface area contributed by atoms with Crippen LogP contribution in [0.15, 0.2) is 405 Å². The van der Waals surface area contributed by atoms with E-state index < -0.39 is 0 Å². The van der Waals surface area contributed by atoms with Crippen LogP contribution in [0.4, 0.5) is 0 Å². The molecule has 5 heteroatoms. The topological polar surface area (TPSA) is 32.9 Å². The minimum atomic E-state index is 0.115. The number of rotatable bonds is 9. The highest BCUT2D eigenvalue weighted by molar-refractivity contribution is 6.17. The van der Waals surface area contributed by atoms with E-state index in [1.807, 2.05) is 6.07 Å². The fraction of sp³-hybridized carbons (Fsp3) is 0.156. The van der Waals surface area contributed by atoms with Crippen molar-refractivity contribution >= 4 is 109 Å². The molecule has 8 bridgehead atoms. The Balaban J connectivity index is 0.000000127. The van der Waals surface area contributed by atoms with Gasteiger partial charge in [0.25, 0.3) is 0 Å². The first-order valence-corrected chi connectivity index (χ1v) is 48.7. The molecule has 0 aliphatic heterocycles. The highest BCUT2D eigenvalue weighted by Gasteiger charge is 2.63. The van der Waals surface area contributed by atoms with E-state index in [4.69, 9.17) is 4.42 Å². The molecule has 133 heavy (non-hydrogen) atoms. The van der Waals surface area contributed by atoms with Crippen molar-refractivity contribution in [2.45, 2.75) is 75.0 Å². The molecule has 0 unspecified atom stereocenters. The Morgan fingerprint density at radius 3 is 0.850 bits per heavy atom. The molecule has 0 saturated heterocycles. The Morgan fingerprint density at radius 1 is 0.173 bits per heavy atom. The Labute approximate surface area is 772 Å². The molecule has 5 heterocycles. The summed E-state index contributed by atoms with van der Waals surface area (Å²) in [5, 5.41) is 12.4. The van der Waals surface area contributed by atoms with Crippen LogP contribution in [0.25, 0.3) is 210 Å². The van der Waals surface area contributed by atoms with Crippen molar-refractivity contribution in [3.8, 4) is 101 Å². The number of hydrogen-bond acceptors (Lipinski definition) is 1. The molecule has 23 aromatic rings. The van der Waals surface area contributed by atoms with Crippen LogP contribution in [-0.4, -0.2) is 18.3 Å². The number of hydrogen-bond donors (Lipinski definition) is 0. The summed E-state index contributed by atoms with van der Waals surface area (Å²) in [5.74, 6) is 6.56. The summed E-state index contributed by atoms with van der Waals surface area (Å²) in [6.45, 7) is 0. The molecule has 0 radical (unpaired) electrons. The zero-order valence-corrected chi connectivity index (χ0v) is 74.0. The molecule has 5 aromatic heterocycles. The second-order valence-electron chi connectivity index (χ2n) is 40.6. The molecule has 33 rings (SSSR count). The lowest BCUT2D eigenvalue weighted by Gasteiger charge is -2.61. The van der Waals surface area contributed by atoms with Crippen molar-refractivity contribution in [1.29, 1.82) is 0 Å². The summed E-state index contributed by atoms with van der Waals surface area (Å²) in [5.41, 5.74) is 41.3. The fourth-order valence-corrected chi connectivity index (χ4v) is 29.3. The lowest BCUT2D eigenvalue weighted by atomic mass is 9.43. The Bertz CT molecular complexity index is 8790. The smallest absolute Gasteiger partial charge is 0.137 e. The van der Waals surface area contributed by atoms with Crippen LogP contribution in [0.3, 0.4) is 0 Å². The average Bonchev–Trinajstić information content (AvgIpc) is 1.16. The van der Waals surface area contributed by atoms with Crippen LogP contribution < -0.4 is 0 Å². The molecule has 0 amide bonds. The van der Waals surface area contributed by atoms with Gasteiger partial charge in [0, 0.05) is 93.5 Å². The van der Waals surface area contributed by atoms with Gasteiger partial charge >= 0.3 is 0 Å². The predicted octanol–water partition coefficient (Wildman–Crippen LogP) is 33.4. The summed E-state index contributed by atoms with van der Waals surface area (Å²) in [7, 11) is 0. The van der Waals surface area contributed by atoms with Crippen molar-refractivity contribution in [1.82, 2.24) is 18.3 Å². The summed E-state index contributed by atoms with van der Waals surface area (Å²) in [6.07, 6.45) is 14.0. The number of aromatic nitrogens is 4. The third kappa shape index (κ3) is 10.8. The maximum absolute atomic E-state index is 6.38. The fourth-order valence-electron chi connectivity index (χ4n) is 29.3. The summed E-state index contributed by atoms with van der Waals surface area (Å²) in [6, 6.07) is 151. The van der Waals surface area contributed by atoms with Gasteiger partial charge in [0.05, 0.1) is 44.1 Å². The molecule has 0 N–H and O–H groups in total. The first kappa shape index (κ1) is 74.7. The lowest BCUT2D eigenvalue weighted by Crippen LogP contribution is -2.55. The SMILES string of the molecule is c1ccc(-c2ccc(-n3c4ccccc4c4cc(-c5ccc6c(c5)c5cc(-c7ccccc7)ccc5n6-c5ccc6c(c5)C5(c7ccccc7-6)C6CC7CC(C6)CC5C7)ccc43)cc2)cc1.c1ccc(-c2ccc3c(c2)c2cc(-c4ccc5c(c4)c4ccccc4n5-c4ccc5c(c4)oc4ccccc45)ccc2n3-c2ccc3c(c2)C2(c4ccccc4-3)C3CC4CC(C3)CC2C4)cc1. The Morgan fingerprint density at radius 2 is 0.444 bits per heavy atom. The van der Waals surface area contributed by atoms with E-state index in [0.29, 0.717) is 0 Å². The zero-order chi connectivity index (χ0) is 86.6. The number of benzene rings is 18. The first-order chi connectivity index (χ1) is 65.8. The molecule has 2 spiro atoms. The van der Waals surface area contributed by atoms with Gasteiger partial charge in [-0.05, 0) is 351 Å². The van der Waals surface area contributed by atoms with Crippen molar-refractivity contribution in [2.24, 2.45) is 47.3 Å². The van der Waals surface area contributed by atoms with Crippen LogP contribution in [-0.2, 0) is 10.8 Å². The number of furan rings is 1. The van der Waals surface area contributed by atoms with E-state index >= 15 is 0 Å². The number of nitrogens with zero attached hydrogens (tertiary/aromatic N) is 4. The average molecular weight is 1700 g/mol. The molecule has 10 aliphatic rings. The van der Waals surface area contributed by atoms with Gasteiger partial charge < -0.3 is 22.7 Å². The zero-order valence-electron chi connectivity index (χ0n) is 74.0. The molecular formula is C128H94N4O. The molecule has 632 valence electrons. The first-order valence-electron chi connectivity index (χ1n) is 48.7. The van der Waals surface area contributed by atoms with Crippen LogP contribution in [0.5, 0.6) is 0 Å². The van der Waals surface area contributed by atoms with E-state index in [1.54, 1.807) is 22.3 Å². The normalized spacial score (nSPS) is 21.4. The maximum Gasteiger partial charge on any atom is 0.137 e. The van der Waals surface area contributed by atoms with Crippen molar-refractivity contribution in [3.63, 3.8) is 0 Å². The van der Waals surface area contributed by atoms with Crippen LogP contribution in [0.2, 0.25) is 0 Å². The van der Waals surface area contributed by atoms with Gasteiger partial charge in [-0.1, -0.05) is 255 Å². The van der Waals surface area contributed by atoms with Crippen LogP contribution >= 0.6 is 0 Å². The lowest BCUT2D eigenvalue weighted by molar-refractivity contribution is -0.0399. The molecule has 8 fully saturated rings. The van der Waals surface area contributed by atoms with Gasteiger partial charge in [0.2, 0.25) is 0 Å². The molecule has 0 atom stereocenters. The van der Waals surface area contributed by atoms with Gasteiger partial charge in [-0.15, -0.1) is 0 Å². The third-order valence-corrected chi connectivity index (χ3v) is 34.2. The minimum absolute atomic E-state index is 0.115. The molecule has 10 aliphatic carbocycles. The highest BCUT2D eigenvalue weighted by atomic mass is 16.3. The minimum Gasteiger partial charge on any atom is -0.456 e. The predicted molar refractivity (Wildman–Crippen MR) is 551 cm³/mol. The van der Waals surface area contributed by atoms with E-state index in [-0.39, 0.29) is 10.8 Å². The monoisotopic (exact) mass is 1700 g/mol. The van der Waals surface area contributed by atoms with E-state index in [9.17, 15) is 0 Å². The largest absolute Gasteiger partial charge is 0.456 e. The Hall–Kier alpha value is -15.0. The van der Waals surface area contributed by atoms with E-state index in [2.05, 4.69) is 413 Å².